The van der Waals surface area contributed by atoms with Gasteiger partial charge in [0.25, 0.3) is 11.5 Å². The number of fused-ring (bicyclic) bond motifs is 1. The maximum Gasteiger partial charge on any atom is 0.264 e. The molecule has 0 saturated carbocycles. The standard InChI is InChI=1S/C17H18ClN5O2/c1-8-12(15(25)23-16(21-8)17(2,3)4)14(24)22-11-6-9(18)5-10-13(11)20-7-19-10/h5-7H,1-4H3,(H,19,20)(H,22,24)(H,21,23,25). The highest BCUT2D eigenvalue weighted by atomic mass is 35.5. The Balaban J connectivity index is 2.02. The van der Waals surface area contributed by atoms with E-state index in [4.69, 9.17) is 11.6 Å². The second-order valence-corrected chi connectivity index (χ2v) is 7.27. The largest absolute Gasteiger partial charge is 0.344 e. The number of amides is 1. The van der Waals surface area contributed by atoms with E-state index in [1.807, 2.05) is 20.8 Å². The first kappa shape index (κ1) is 17.2. The van der Waals surface area contributed by atoms with Crippen molar-refractivity contribution in [3.63, 3.8) is 0 Å². The number of aryl methyl sites for hydroxylation is 1. The molecule has 3 rings (SSSR count). The summed E-state index contributed by atoms with van der Waals surface area (Å²) in [5.41, 5.74) is 1.21. The van der Waals surface area contributed by atoms with Crippen molar-refractivity contribution >= 4 is 34.2 Å². The first-order valence-electron chi connectivity index (χ1n) is 7.72. The molecule has 0 spiro atoms. The molecule has 0 atom stereocenters. The number of imidazole rings is 1. The summed E-state index contributed by atoms with van der Waals surface area (Å²) in [4.78, 5) is 39.2. The fraction of sp³-hybridized carbons (Fsp3) is 0.294. The molecule has 1 amide bonds. The van der Waals surface area contributed by atoms with Gasteiger partial charge in [-0.1, -0.05) is 32.4 Å². The van der Waals surface area contributed by atoms with Crippen LogP contribution in [0.15, 0.2) is 23.3 Å². The third-order valence-corrected chi connectivity index (χ3v) is 3.99. The normalized spacial score (nSPS) is 11.7. The van der Waals surface area contributed by atoms with E-state index in [0.717, 1.165) is 0 Å². The molecule has 3 aromatic rings. The lowest BCUT2D eigenvalue weighted by molar-refractivity contribution is 0.102. The lowest BCUT2D eigenvalue weighted by Gasteiger charge is -2.18. The van der Waals surface area contributed by atoms with Crippen LogP contribution < -0.4 is 10.9 Å². The summed E-state index contributed by atoms with van der Waals surface area (Å²) in [6.45, 7) is 7.45. The summed E-state index contributed by atoms with van der Waals surface area (Å²) in [5, 5.41) is 3.15. The third-order valence-electron chi connectivity index (χ3n) is 3.77. The van der Waals surface area contributed by atoms with Crippen LogP contribution in [0, 0.1) is 6.92 Å². The van der Waals surface area contributed by atoms with E-state index in [1.54, 1.807) is 19.1 Å². The summed E-state index contributed by atoms with van der Waals surface area (Å²) in [6, 6.07) is 3.29. The van der Waals surface area contributed by atoms with Gasteiger partial charge in [0.15, 0.2) is 0 Å². The quantitative estimate of drug-likeness (QED) is 0.653. The number of nitrogens with one attached hydrogen (secondary N) is 3. The van der Waals surface area contributed by atoms with E-state index < -0.39 is 11.5 Å². The van der Waals surface area contributed by atoms with Gasteiger partial charge >= 0.3 is 0 Å². The van der Waals surface area contributed by atoms with Crippen LogP contribution in [0.5, 0.6) is 0 Å². The molecule has 0 saturated heterocycles. The molecule has 2 heterocycles. The molecular formula is C17H18ClN5O2. The number of nitrogens with zero attached hydrogens (tertiary/aromatic N) is 2. The Kier molecular flexibility index (Phi) is 4.12. The predicted octanol–water partition coefficient (Wildman–Crippen LogP) is 3.16. The van der Waals surface area contributed by atoms with Crippen molar-refractivity contribution in [2.24, 2.45) is 0 Å². The maximum absolute atomic E-state index is 12.6. The highest BCUT2D eigenvalue weighted by molar-refractivity contribution is 6.32. The number of carbonyl (C=O) groups excluding carboxylic acids is 1. The van der Waals surface area contributed by atoms with Gasteiger partial charge in [-0.3, -0.25) is 9.59 Å². The van der Waals surface area contributed by atoms with Crippen LogP contribution in [0.25, 0.3) is 11.0 Å². The number of H-pyrrole nitrogens is 2. The van der Waals surface area contributed by atoms with E-state index >= 15 is 0 Å². The average molecular weight is 360 g/mol. The Morgan fingerprint density at radius 2 is 2.00 bits per heavy atom. The highest BCUT2D eigenvalue weighted by Gasteiger charge is 2.22. The zero-order valence-electron chi connectivity index (χ0n) is 14.3. The van der Waals surface area contributed by atoms with Crippen molar-refractivity contribution in [1.29, 1.82) is 0 Å². The minimum absolute atomic E-state index is 0.0309. The smallest absolute Gasteiger partial charge is 0.264 e. The molecule has 2 aromatic heterocycles. The van der Waals surface area contributed by atoms with Crippen LogP contribution in [0.1, 0.15) is 42.6 Å². The van der Waals surface area contributed by atoms with E-state index in [2.05, 4.69) is 25.3 Å². The van der Waals surface area contributed by atoms with Crippen molar-refractivity contribution in [1.82, 2.24) is 19.9 Å². The summed E-state index contributed by atoms with van der Waals surface area (Å²) in [6.07, 6.45) is 1.51. The third kappa shape index (κ3) is 3.28. The van der Waals surface area contributed by atoms with Gasteiger partial charge < -0.3 is 15.3 Å². The molecule has 130 valence electrons. The van der Waals surface area contributed by atoms with Crippen LogP contribution in [-0.2, 0) is 5.41 Å². The summed E-state index contributed by atoms with van der Waals surface area (Å²) in [7, 11) is 0. The average Bonchev–Trinajstić information content (AvgIpc) is 2.93. The first-order valence-corrected chi connectivity index (χ1v) is 8.10. The predicted molar refractivity (Wildman–Crippen MR) is 97.4 cm³/mol. The van der Waals surface area contributed by atoms with Crippen LogP contribution in [0.2, 0.25) is 5.02 Å². The Labute approximate surface area is 148 Å². The molecule has 0 radical (unpaired) electrons. The molecule has 8 heteroatoms. The Morgan fingerprint density at radius 3 is 2.64 bits per heavy atom. The van der Waals surface area contributed by atoms with Crippen molar-refractivity contribution in [2.45, 2.75) is 33.1 Å². The zero-order chi connectivity index (χ0) is 18.4. The second kappa shape index (κ2) is 6.00. The zero-order valence-corrected chi connectivity index (χ0v) is 15.1. The van der Waals surface area contributed by atoms with Crippen molar-refractivity contribution in [3.05, 3.63) is 50.9 Å². The summed E-state index contributed by atoms with van der Waals surface area (Å²) >= 11 is 6.06. The number of carbonyl (C=O) groups is 1. The number of aromatic nitrogens is 4. The second-order valence-electron chi connectivity index (χ2n) is 6.83. The van der Waals surface area contributed by atoms with Gasteiger partial charge in [-0.15, -0.1) is 0 Å². The van der Waals surface area contributed by atoms with Gasteiger partial charge in [-0.05, 0) is 19.1 Å². The number of rotatable bonds is 2. The minimum atomic E-state index is -0.557. The molecule has 1 aromatic carbocycles. The molecule has 0 aliphatic carbocycles. The lowest BCUT2D eigenvalue weighted by atomic mass is 9.95. The van der Waals surface area contributed by atoms with Crippen LogP contribution >= 0.6 is 11.6 Å². The van der Waals surface area contributed by atoms with Gasteiger partial charge in [0, 0.05) is 10.4 Å². The molecule has 25 heavy (non-hydrogen) atoms. The molecule has 0 bridgehead atoms. The van der Waals surface area contributed by atoms with Crippen molar-refractivity contribution in [3.8, 4) is 0 Å². The van der Waals surface area contributed by atoms with Crippen molar-refractivity contribution < 1.29 is 4.79 Å². The van der Waals surface area contributed by atoms with Gasteiger partial charge in [-0.2, -0.15) is 0 Å². The number of halogens is 1. The van der Waals surface area contributed by atoms with E-state index in [9.17, 15) is 9.59 Å². The summed E-state index contributed by atoms with van der Waals surface area (Å²) in [5.74, 6) is -0.0257. The van der Waals surface area contributed by atoms with Crippen LogP contribution in [-0.4, -0.2) is 25.8 Å². The lowest BCUT2D eigenvalue weighted by Crippen LogP contribution is -2.30. The molecule has 0 aliphatic rings. The Hall–Kier alpha value is -2.67. The molecule has 7 nitrogen and oxygen atoms in total. The molecule has 3 N–H and O–H groups in total. The number of hydrogen-bond donors (Lipinski definition) is 3. The van der Waals surface area contributed by atoms with E-state index in [1.165, 1.54) is 6.33 Å². The van der Waals surface area contributed by atoms with Gasteiger partial charge in [0.1, 0.15) is 16.9 Å². The maximum atomic E-state index is 12.6. The molecule has 0 unspecified atom stereocenters. The first-order chi connectivity index (χ1) is 11.7. The Bertz CT molecular complexity index is 1030. The van der Waals surface area contributed by atoms with Gasteiger partial charge in [0.2, 0.25) is 0 Å². The monoisotopic (exact) mass is 359 g/mol. The van der Waals surface area contributed by atoms with E-state index in [-0.39, 0.29) is 11.0 Å². The Morgan fingerprint density at radius 1 is 1.28 bits per heavy atom. The number of aromatic amines is 2. The molecule has 0 aliphatic heterocycles. The van der Waals surface area contributed by atoms with Gasteiger partial charge in [-0.25, -0.2) is 9.97 Å². The number of hydrogen-bond acceptors (Lipinski definition) is 4. The highest BCUT2D eigenvalue weighted by Crippen LogP contribution is 2.26. The van der Waals surface area contributed by atoms with Gasteiger partial charge in [0.05, 0.1) is 23.2 Å². The van der Waals surface area contributed by atoms with Crippen LogP contribution in [0.4, 0.5) is 5.69 Å². The summed E-state index contributed by atoms with van der Waals surface area (Å²) < 4.78 is 0. The number of anilines is 1. The minimum Gasteiger partial charge on any atom is -0.344 e. The topological polar surface area (TPSA) is 104 Å². The number of benzene rings is 1. The fourth-order valence-corrected chi connectivity index (χ4v) is 2.72. The van der Waals surface area contributed by atoms with Crippen LogP contribution in [0.3, 0.4) is 0 Å². The molecular weight excluding hydrogens is 342 g/mol. The SMILES string of the molecule is Cc1nc(C(C)(C)C)[nH]c(=O)c1C(=O)Nc1cc(Cl)cc2[nH]cnc12. The van der Waals surface area contributed by atoms with Crippen molar-refractivity contribution in [2.75, 3.05) is 5.32 Å². The fourth-order valence-electron chi connectivity index (χ4n) is 2.50. The molecule has 0 fully saturated rings. The van der Waals surface area contributed by atoms with E-state index in [0.29, 0.717) is 33.3 Å².